The van der Waals surface area contributed by atoms with Gasteiger partial charge >= 0.3 is 0 Å². The Kier molecular flexibility index (Phi) is 4.67. The predicted octanol–water partition coefficient (Wildman–Crippen LogP) is 1.76. The Bertz CT molecular complexity index is 357. The molecule has 0 saturated heterocycles. The topological polar surface area (TPSA) is 72.2 Å². The zero-order chi connectivity index (χ0) is 13.1. The van der Waals surface area contributed by atoms with Gasteiger partial charge in [-0.1, -0.05) is 38.5 Å². The third kappa shape index (κ3) is 4.21. The summed E-state index contributed by atoms with van der Waals surface area (Å²) in [5.41, 5.74) is 5.93. The second kappa shape index (κ2) is 5.88. The van der Waals surface area contributed by atoms with Crippen molar-refractivity contribution >= 4 is 10.0 Å². The zero-order valence-corrected chi connectivity index (χ0v) is 12.0. The molecule has 0 heterocycles. The summed E-state index contributed by atoms with van der Waals surface area (Å²) in [6.45, 7) is 0.417. The summed E-state index contributed by atoms with van der Waals surface area (Å²) in [5.74, 6) is 0.913. The van der Waals surface area contributed by atoms with Crippen LogP contribution in [0.3, 0.4) is 0 Å². The van der Waals surface area contributed by atoms with Gasteiger partial charge in [0.05, 0.1) is 5.75 Å². The molecule has 0 aliphatic heterocycles. The molecule has 0 atom stereocenters. The fourth-order valence-corrected chi connectivity index (χ4v) is 4.16. The molecule has 2 rings (SSSR count). The molecule has 2 aliphatic carbocycles. The van der Waals surface area contributed by atoms with E-state index >= 15 is 0 Å². The molecule has 0 aromatic rings. The van der Waals surface area contributed by atoms with E-state index in [1.54, 1.807) is 0 Å². The number of nitrogens with two attached hydrogens (primary N) is 1. The van der Waals surface area contributed by atoms with Gasteiger partial charge in [0.1, 0.15) is 0 Å². The standard InChI is InChI=1S/C13H26N2O2S/c14-13(8-2-1-3-9-13)11-15-18(16,17)10-7-12-5-4-6-12/h12,15H,1-11,14H2. The van der Waals surface area contributed by atoms with Crippen LogP contribution in [0.1, 0.15) is 57.8 Å². The summed E-state index contributed by atoms with van der Waals surface area (Å²) < 4.78 is 26.5. The summed E-state index contributed by atoms with van der Waals surface area (Å²) in [6, 6.07) is 0. The second-order valence-corrected chi connectivity index (χ2v) is 8.08. The first-order chi connectivity index (χ1) is 8.49. The molecule has 4 nitrogen and oxygen atoms in total. The van der Waals surface area contributed by atoms with Crippen LogP contribution in [0.2, 0.25) is 0 Å². The van der Waals surface area contributed by atoms with Crippen LogP contribution in [-0.4, -0.2) is 26.3 Å². The van der Waals surface area contributed by atoms with Gasteiger partial charge < -0.3 is 5.73 Å². The van der Waals surface area contributed by atoms with Gasteiger partial charge in [0.25, 0.3) is 0 Å². The summed E-state index contributed by atoms with van der Waals surface area (Å²) in [6.07, 6.45) is 9.86. The molecule has 0 aromatic heterocycles. The maximum atomic E-state index is 11.9. The number of hydrogen-bond acceptors (Lipinski definition) is 3. The van der Waals surface area contributed by atoms with E-state index in [2.05, 4.69) is 4.72 Å². The first-order valence-corrected chi connectivity index (χ1v) is 8.91. The van der Waals surface area contributed by atoms with Crippen molar-refractivity contribution in [2.75, 3.05) is 12.3 Å². The van der Waals surface area contributed by atoms with Crippen LogP contribution in [0.4, 0.5) is 0 Å². The highest BCUT2D eigenvalue weighted by molar-refractivity contribution is 7.89. The molecule has 2 saturated carbocycles. The first kappa shape index (κ1) is 14.3. The number of sulfonamides is 1. The van der Waals surface area contributed by atoms with Gasteiger partial charge in [0, 0.05) is 12.1 Å². The van der Waals surface area contributed by atoms with Crippen molar-refractivity contribution < 1.29 is 8.42 Å². The minimum Gasteiger partial charge on any atom is -0.324 e. The van der Waals surface area contributed by atoms with Crippen molar-refractivity contribution in [1.82, 2.24) is 4.72 Å². The summed E-state index contributed by atoms with van der Waals surface area (Å²) >= 11 is 0. The van der Waals surface area contributed by atoms with Crippen LogP contribution >= 0.6 is 0 Å². The summed E-state index contributed by atoms with van der Waals surface area (Å²) in [7, 11) is -3.12. The summed E-state index contributed by atoms with van der Waals surface area (Å²) in [5, 5.41) is 0. The predicted molar refractivity (Wildman–Crippen MR) is 73.8 cm³/mol. The van der Waals surface area contributed by atoms with Crippen molar-refractivity contribution in [1.29, 1.82) is 0 Å². The number of hydrogen-bond donors (Lipinski definition) is 2. The van der Waals surface area contributed by atoms with Gasteiger partial charge in [-0.15, -0.1) is 0 Å². The number of rotatable bonds is 6. The highest BCUT2D eigenvalue weighted by atomic mass is 32.2. The van der Waals surface area contributed by atoms with Crippen LogP contribution < -0.4 is 10.5 Å². The molecule has 2 aliphatic rings. The van der Waals surface area contributed by atoms with Gasteiger partial charge in [-0.05, 0) is 25.2 Å². The molecular formula is C13H26N2O2S. The molecule has 5 heteroatoms. The second-order valence-electron chi connectivity index (χ2n) is 6.15. The SMILES string of the molecule is NC1(CNS(=O)(=O)CCC2CCC2)CCCCC1. The minimum absolute atomic E-state index is 0.272. The minimum atomic E-state index is -3.12. The number of nitrogens with one attached hydrogen (secondary N) is 1. The maximum Gasteiger partial charge on any atom is 0.211 e. The van der Waals surface area contributed by atoms with Crippen molar-refractivity contribution in [3.63, 3.8) is 0 Å². The average Bonchev–Trinajstić information content (AvgIpc) is 2.26. The maximum absolute atomic E-state index is 11.9. The molecule has 106 valence electrons. The van der Waals surface area contributed by atoms with Crippen molar-refractivity contribution in [3.8, 4) is 0 Å². The lowest BCUT2D eigenvalue weighted by molar-refractivity contribution is 0.294. The Morgan fingerprint density at radius 1 is 1.11 bits per heavy atom. The van der Waals surface area contributed by atoms with Gasteiger partial charge in [0.15, 0.2) is 0 Å². The van der Waals surface area contributed by atoms with Gasteiger partial charge in [-0.3, -0.25) is 0 Å². The van der Waals surface area contributed by atoms with Gasteiger partial charge in [-0.25, -0.2) is 13.1 Å². The third-order valence-corrected chi connectivity index (χ3v) is 5.87. The molecule has 0 bridgehead atoms. The van der Waals surface area contributed by atoms with Crippen LogP contribution in [0.25, 0.3) is 0 Å². The van der Waals surface area contributed by atoms with Crippen molar-refractivity contribution in [3.05, 3.63) is 0 Å². The van der Waals surface area contributed by atoms with E-state index in [-0.39, 0.29) is 11.3 Å². The highest BCUT2D eigenvalue weighted by Crippen LogP contribution is 2.29. The molecule has 0 unspecified atom stereocenters. The monoisotopic (exact) mass is 274 g/mol. The van der Waals surface area contributed by atoms with E-state index in [1.807, 2.05) is 0 Å². The normalized spacial score (nSPS) is 24.7. The zero-order valence-electron chi connectivity index (χ0n) is 11.2. The molecule has 0 spiro atoms. The van der Waals surface area contributed by atoms with E-state index in [0.717, 1.165) is 32.1 Å². The highest BCUT2D eigenvalue weighted by Gasteiger charge is 2.29. The third-order valence-electron chi connectivity index (χ3n) is 4.51. The molecule has 18 heavy (non-hydrogen) atoms. The first-order valence-electron chi connectivity index (χ1n) is 7.25. The van der Waals surface area contributed by atoms with E-state index in [1.165, 1.54) is 25.7 Å². The van der Waals surface area contributed by atoms with E-state index in [9.17, 15) is 8.42 Å². The molecule has 3 N–H and O–H groups in total. The average molecular weight is 274 g/mol. The molecule has 0 amide bonds. The Labute approximate surface area is 111 Å². The van der Waals surface area contributed by atoms with E-state index in [0.29, 0.717) is 12.5 Å². The Morgan fingerprint density at radius 2 is 1.78 bits per heavy atom. The Hall–Kier alpha value is -0.130. The Morgan fingerprint density at radius 3 is 2.33 bits per heavy atom. The molecule has 0 aromatic carbocycles. The molecular weight excluding hydrogens is 248 g/mol. The molecule has 2 fully saturated rings. The van der Waals surface area contributed by atoms with Gasteiger partial charge in [-0.2, -0.15) is 0 Å². The van der Waals surface area contributed by atoms with Crippen LogP contribution in [0.15, 0.2) is 0 Å². The Balaban J connectivity index is 1.73. The van der Waals surface area contributed by atoms with E-state index in [4.69, 9.17) is 5.73 Å². The summed E-state index contributed by atoms with van der Waals surface area (Å²) in [4.78, 5) is 0. The largest absolute Gasteiger partial charge is 0.324 e. The van der Waals surface area contributed by atoms with Gasteiger partial charge in [0.2, 0.25) is 10.0 Å². The smallest absolute Gasteiger partial charge is 0.211 e. The van der Waals surface area contributed by atoms with Crippen molar-refractivity contribution in [2.45, 2.75) is 63.3 Å². The fraction of sp³-hybridized carbons (Fsp3) is 1.00. The molecule has 0 radical (unpaired) electrons. The quantitative estimate of drug-likeness (QED) is 0.775. The lowest BCUT2D eigenvalue weighted by Crippen LogP contribution is -2.51. The van der Waals surface area contributed by atoms with Crippen LogP contribution in [0, 0.1) is 5.92 Å². The van der Waals surface area contributed by atoms with Crippen LogP contribution in [-0.2, 0) is 10.0 Å². The van der Waals surface area contributed by atoms with E-state index < -0.39 is 10.0 Å². The van der Waals surface area contributed by atoms with Crippen LogP contribution in [0.5, 0.6) is 0 Å². The van der Waals surface area contributed by atoms with Crippen molar-refractivity contribution in [2.24, 2.45) is 11.7 Å². The fourth-order valence-electron chi connectivity index (χ4n) is 2.86. The lowest BCUT2D eigenvalue weighted by atomic mass is 9.83. The lowest BCUT2D eigenvalue weighted by Gasteiger charge is -2.33.